The standard InChI is InChI=1S/C7H6N2.3C4H4N2O2.Ru/c1-2-4-7-6(3-1)8-5-9-7;3*7-4(8)3-1-2-5-6-3;/h1-5H,(H,8,9);3*1-2H,(H,5,6)(H,7,8);/q;;;;+3/p-3. The molecule has 0 fully saturated rings. The smallest absolute Gasteiger partial charge is 0.543 e. The number of carboxylic acid groups (broad SMARTS) is 3. The van der Waals surface area contributed by atoms with Gasteiger partial charge < -0.3 is 34.7 Å². The van der Waals surface area contributed by atoms with E-state index in [2.05, 4.69) is 40.6 Å². The van der Waals surface area contributed by atoms with Gasteiger partial charge in [0.25, 0.3) is 0 Å². The molecule has 0 bridgehead atoms. The van der Waals surface area contributed by atoms with Gasteiger partial charge in [-0.25, -0.2) is 4.98 Å². The van der Waals surface area contributed by atoms with Gasteiger partial charge in [-0.1, -0.05) is 12.1 Å². The van der Waals surface area contributed by atoms with E-state index in [-0.39, 0.29) is 36.6 Å². The molecule has 1 radical (unpaired) electrons. The van der Waals surface area contributed by atoms with E-state index in [1.54, 1.807) is 6.33 Å². The second kappa shape index (κ2) is 14.4. The number of nitrogens with one attached hydrogen (secondary N) is 4. The predicted octanol–water partition coefficient (Wildman–Crippen LogP) is -2.12. The first-order chi connectivity index (χ1) is 15.9. The zero-order valence-corrected chi connectivity index (χ0v) is 18.7. The number of carbonyl (C=O) groups is 3. The minimum atomic E-state index is -1.23. The molecule has 0 saturated carbocycles. The number of aromatic carboxylic acids is 3. The molecule has 34 heavy (non-hydrogen) atoms. The molecule has 0 atom stereocenters. The van der Waals surface area contributed by atoms with Crippen LogP contribution in [0.25, 0.3) is 11.0 Å². The number of H-pyrrole nitrogens is 4. The third-order valence-corrected chi connectivity index (χ3v) is 3.49. The van der Waals surface area contributed by atoms with Crippen molar-refractivity contribution < 1.29 is 49.2 Å². The molecule has 175 valence electrons. The largest absolute Gasteiger partial charge is 3.00 e. The molecule has 5 rings (SSSR count). The van der Waals surface area contributed by atoms with Crippen LogP contribution in [-0.4, -0.2) is 58.5 Å². The monoisotopic (exact) mass is 553 g/mol. The van der Waals surface area contributed by atoms with Crippen molar-refractivity contribution in [1.82, 2.24) is 40.6 Å². The maximum absolute atomic E-state index is 9.88. The maximum atomic E-state index is 9.88. The fourth-order valence-corrected chi connectivity index (χ4v) is 1.99. The van der Waals surface area contributed by atoms with E-state index >= 15 is 0 Å². The van der Waals surface area contributed by atoms with Gasteiger partial charge in [0.05, 0.1) is 52.4 Å². The van der Waals surface area contributed by atoms with Crippen molar-refractivity contribution in [2.24, 2.45) is 0 Å². The Hall–Kier alpha value is -4.65. The molecule has 0 saturated heterocycles. The van der Waals surface area contributed by atoms with E-state index in [1.165, 1.54) is 36.8 Å². The molecule has 4 aromatic heterocycles. The summed E-state index contributed by atoms with van der Waals surface area (Å²) < 4.78 is 0. The van der Waals surface area contributed by atoms with Crippen LogP contribution in [0, 0.1) is 0 Å². The molecular formula is C19H15N8O6Ru. The van der Waals surface area contributed by atoms with Crippen LogP contribution in [0.15, 0.2) is 67.4 Å². The maximum Gasteiger partial charge on any atom is 3.00 e. The van der Waals surface area contributed by atoms with Crippen molar-refractivity contribution in [3.63, 3.8) is 0 Å². The van der Waals surface area contributed by atoms with Crippen LogP contribution in [0.2, 0.25) is 0 Å². The number of aromatic amines is 4. The average Bonchev–Trinajstić information content (AvgIpc) is 3.62. The summed E-state index contributed by atoms with van der Waals surface area (Å²) in [6.45, 7) is 0. The second-order valence-corrected chi connectivity index (χ2v) is 5.69. The number of para-hydroxylation sites is 2. The Morgan fingerprint density at radius 3 is 1.35 bits per heavy atom. The van der Waals surface area contributed by atoms with Crippen LogP contribution in [0.4, 0.5) is 0 Å². The zero-order chi connectivity index (χ0) is 24.1. The number of carbonyl (C=O) groups excluding carboxylic acids is 3. The minimum Gasteiger partial charge on any atom is -0.543 e. The van der Waals surface area contributed by atoms with Crippen molar-refractivity contribution in [3.8, 4) is 0 Å². The summed E-state index contributed by atoms with van der Waals surface area (Å²) >= 11 is 0. The summed E-state index contributed by atoms with van der Waals surface area (Å²) in [5.74, 6) is -3.70. The fraction of sp³-hybridized carbons (Fsp3) is 0. The number of hydrogen-bond donors (Lipinski definition) is 4. The van der Waals surface area contributed by atoms with E-state index in [0.717, 1.165) is 11.0 Å². The van der Waals surface area contributed by atoms with Crippen molar-refractivity contribution in [2.45, 2.75) is 0 Å². The minimum absolute atomic E-state index is 0. The third kappa shape index (κ3) is 9.24. The van der Waals surface area contributed by atoms with E-state index in [0.29, 0.717) is 0 Å². The van der Waals surface area contributed by atoms with Crippen LogP contribution in [0.1, 0.15) is 31.5 Å². The molecule has 5 aromatic rings. The second-order valence-electron chi connectivity index (χ2n) is 5.69. The van der Waals surface area contributed by atoms with Gasteiger partial charge in [0, 0.05) is 18.6 Å². The summed E-state index contributed by atoms with van der Waals surface area (Å²) in [5.41, 5.74) is 2.13. The van der Waals surface area contributed by atoms with Gasteiger partial charge in [0.15, 0.2) is 0 Å². The Kier molecular flexibility index (Phi) is 11.6. The summed E-state index contributed by atoms with van der Waals surface area (Å²) in [6.07, 6.45) is 5.76. The molecule has 1 aromatic carbocycles. The van der Waals surface area contributed by atoms with Gasteiger partial charge in [-0.15, -0.1) is 0 Å². The van der Waals surface area contributed by atoms with Gasteiger partial charge in [-0.05, 0) is 30.3 Å². The number of rotatable bonds is 3. The summed E-state index contributed by atoms with van der Waals surface area (Å²) in [6, 6.07) is 11.9. The summed E-state index contributed by atoms with van der Waals surface area (Å²) in [5, 5.41) is 46.5. The SMILES string of the molecule is O=C([O-])c1ccn[nH]1.O=C([O-])c1ccn[nH]1.O=C([O-])c1ccn[nH]1.[Ru+3].c1ccc2[nH]cnc2c1. The van der Waals surface area contributed by atoms with Crippen molar-refractivity contribution in [1.29, 1.82) is 0 Å². The molecule has 0 aliphatic heterocycles. The number of carboxylic acids is 3. The zero-order valence-electron chi connectivity index (χ0n) is 16.9. The summed E-state index contributed by atoms with van der Waals surface area (Å²) in [7, 11) is 0. The topological polar surface area (TPSA) is 235 Å². The number of imidazole rings is 1. The van der Waals surface area contributed by atoms with E-state index in [4.69, 9.17) is 0 Å². The molecule has 0 unspecified atom stereocenters. The number of nitrogens with zero attached hydrogens (tertiary/aromatic N) is 4. The molecule has 0 aliphatic rings. The van der Waals surface area contributed by atoms with E-state index < -0.39 is 17.9 Å². The fourth-order valence-electron chi connectivity index (χ4n) is 1.99. The third-order valence-electron chi connectivity index (χ3n) is 3.49. The average molecular weight is 552 g/mol. The Morgan fingerprint density at radius 2 is 1.06 bits per heavy atom. The van der Waals surface area contributed by atoms with E-state index in [1.807, 2.05) is 24.3 Å². The first-order valence-electron chi connectivity index (χ1n) is 8.88. The predicted molar refractivity (Wildman–Crippen MR) is 105 cm³/mol. The number of benzene rings is 1. The first-order valence-corrected chi connectivity index (χ1v) is 8.88. The molecule has 14 nitrogen and oxygen atoms in total. The van der Waals surface area contributed by atoms with Gasteiger partial charge in [0.2, 0.25) is 0 Å². The molecule has 0 aliphatic carbocycles. The Morgan fingerprint density at radius 1 is 0.647 bits per heavy atom. The number of aromatic nitrogens is 8. The Bertz CT molecular complexity index is 1120. The van der Waals surface area contributed by atoms with Crippen molar-refractivity contribution >= 4 is 28.9 Å². The van der Waals surface area contributed by atoms with Crippen molar-refractivity contribution in [2.75, 3.05) is 0 Å². The number of hydrogen-bond acceptors (Lipinski definition) is 10. The van der Waals surface area contributed by atoms with Crippen LogP contribution in [0.5, 0.6) is 0 Å². The summed E-state index contributed by atoms with van der Waals surface area (Å²) in [4.78, 5) is 36.7. The number of fused-ring (bicyclic) bond motifs is 1. The Balaban J connectivity index is 0.000000225. The van der Waals surface area contributed by atoms with Gasteiger partial charge >= 0.3 is 19.5 Å². The molecule has 0 spiro atoms. The molecular weight excluding hydrogens is 537 g/mol. The van der Waals surface area contributed by atoms with Crippen LogP contribution in [0.3, 0.4) is 0 Å². The normalized spacial score (nSPS) is 9.06. The van der Waals surface area contributed by atoms with Crippen LogP contribution in [-0.2, 0) is 19.5 Å². The van der Waals surface area contributed by atoms with Crippen LogP contribution < -0.4 is 15.3 Å². The van der Waals surface area contributed by atoms with Gasteiger partial charge in [-0.2, -0.15) is 15.3 Å². The van der Waals surface area contributed by atoms with Crippen LogP contribution >= 0.6 is 0 Å². The van der Waals surface area contributed by atoms with Gasteiger partial charge in [-0.3, -0.25) is 15.3 Å². The Labute approximate surface area is 203 Å². The van der Waals surface area contributed by atoms with E-state index in [9.17, 15) is 29.7 Å². The molecule has 15 heteroatoms. The van der Waals surface area contributed by atoms with Gasteiger partial charge in [0.1, 0.15) is 0 Å². The van der Waals surface area contributed by atoms with Crippen molar-refractivity contribution in [3.05, 3.63) is 84.5 Å². The molecule has 0 amide bonds. The molecule has 4 heterocycles. The quantitative estimate of drug-likeness (QED) is 0.178. The molecule has 4 N–H and O–H groups in total. The first kappa shape index (κ1) is 27.4.